The van der Waals surface area contributed by atoms with E-state index in [0.29, 0.717) is 12.8 Å². The molecule has 1 aliphatic heterocycles. The zero-order valence-corrected chi connectivity index (χ0v) is 17.1. The van der Waals surface area contributed by atoms with Crippen LogP contribution >= 0.6 is 0 Å². The molecule has 3 rings (SSSR count). The number of hydrogen-bond acceptors (Lipinski definition) is 6. The Morgan fingerprint density at radius 3 is 2.27 bits per heavy atom. The number of fused-ring (bicyclic) bond motifs is 1. The molecule has 3 atom stereocenters. The molecule has 1 aliphatic carbocycles. The van der Waals surface area contributed by atoms with Crippen molar-refractivity contribution >= 4 is 23.7 Å². The third-order valence-corrected chi connectivity index (χ3v) is 5.44. The molecular formula is C22H26N2O6. The minimum absolute atomic E-state index is 0.0241. The molecule has 0 aromatic heterocycles. The second kappa shape index (κ2) is 9.56. The number of carbonyl (C=O) groups excluding carboxylic acids is 4. The maximum atomic E-state index is 12.4. The molecule has 0 radical (unpaired) electrons. The van der Waals surface area contributed by atoms with Crippen molar-refractivity contribution in [2.45, 2.75) is 38.8 Å². The third kappa shape index (κ3) is 4.87. The fourth-order valence-corrected chi connectivity index (χ4v) is 3.68. The van der Waals surface area contributed by atoms with Gasteiger partial charge in [0.1, 0.15) is 5.75 Å². The van der Waals surface area contributed by atoms with Crippen molar-refractivity contribution in [3.63, 3.8) is 0 Å². The summed E-state index contributed by atoms with van der Waals surface area (Å²) in [5.41, 5.74) is 0.879. The number of benzene rings is 1. The SMILES string of the molecule is COc1ccc(CNC(=O)[C@H](C)OC(=O)CCN2C(=O)[C@H]3CC=CC[C@H]3C2=O)cc1. The van der Waals surface area contributed by atoms with E-state index in [2.05, 4.69) is 5.32 Å². The molecule has 160 valence electrons. The first-order valence-electron chi connectivity index (χ1n) is 10.0. The molecule has 0 saturated carbocycles. The van der Waals surface area contributed by atoms with Crippen molar-refractivity contribution < 1.29 is 28.7 Å². The lowest BCUT2D eigenvalue weighted by Crippen LogP contribution is -2.37. The Morgan fingerprint density at radius 1 is 1.10 bits per heavy atom. The first kappa shape index (κ1) is 21.5. The van der Waals surface area contributed by atoms with Crippen molar-refractivity contribution in [2.24, 2.45) is 11.8 Å². The van der Waals surface area contributed by atoms with E-state index in [-0.39, 0.29) is 43.2 Å². The van der Waals surface area contributed by atoms with E-state index in [1.807, 2.05) is 24.3 Å². The third-order valence-electron chi connectivity index (χ3n) is 5.44. The number of likely N-dealkylation sites (tertiary alicyclic amines) is 1. The standard InChI is InChI=1S/C22H26N2O6/c1-14(20(26)23-13-15-7-9-16(29-2)10-8-15)30-19(25)11-12-24-21(27)17-5-3-4-6-18(17)22(24)28/h3-4,7-10,14,17-18H,5-6,11-13H2,1-2H3,(H,23,26)/t14-,17-,18+/m0/s1. The number of methoxy groups -OCH3 is 1. The highest BCUT2D eigenvalue weighted by Gasteiger charge is 2.47. The molecule has 1 aromatic rings. The molecule has 1 N–H and O–H groups in total. The fraction of sp³-hybridized carbons (Fsp3) is 0.455. The summed E-state index contributed by atoms with van der Waals surface area (Å²) in [6.45, 7) is 1.75. The summed E-state index contributed by atoms with van der Waals surface area (Å²) in [5, 5.41) is 2.70. The van der Waals surface area contributed by atoms with Gasteiger partial charge in [-0.15, -0.1) is 0 Å². The Balaban J connectivity index is 1.42. The van der Waals surface area contributed by atoms with Gasteiger partial charge in [-0.25, -0.2) is 0 Å². The van der Waals surface area contributed by atoms with E-state index in [4.69, 9.17) is 9.47 Å². The zero-order chi connectivity index (χ0) is 21.7. The highest BCUT2D eigenvalue weighted by atomic mass is 16.5. The average molecular weight is 414 g/mol. The van der Waals surface area contributed by atoms with Gasteiger partial charge in [-0.1, -0.05) is 24.3 Å². The van der Waals surface area contributed by atoms with E-state index in [1.165, 1.54) is 6.92 Å². The summed E-state index contributed by atoms with van der Waals surface area (Å²) >= 11 is 0. The summed E-state index contributed by atoms with van der Waals surface area (Å²) in [6, 6.07) is 7.23. The number of amides is 3. The number of imide groups is 1. The number of carbonyl (C=O) groups is 4. The van der Waals surface area contributed by atoms with Crippen molar-refractivity contribution in [2.75, 3.05) is 13.7 Å². The molecule has 8 nitrogen and oxygen atoms in total. The monoisotopic (exact) mass is 414 g/mol. The molecule has 2 aliphatic rings. The van der Waals surface area contributed by atoms with Gasteiger partial charge in [-0.2, -0.15) is 0 Å². The lowest BCUT2D eigenvalue weighted by molar-refractivity contribution is -0.155. The van der Waals surface area contributed by atoms with Crippen LogP contribution in [-0.4, -0.2) is 48.3 Å². The van der Waals surface area contributed by atoms with Crippen LogP contribution in [0.3, 0.4) is 0 Å². The summed E-state index contributed by atoms with van der Waals surface area (Å²) in [4.78, 5) is 50.2. The minimum atomic E-state index is -0.979. The van der Waals surface area contributed by atoms with Crippen molar-refractivity contribution in [1.29, 1.82) is 0 Å². The second-order valence-electron chi connectivity index (χ2n) is 7.43. The topological polar surface area (TPSA) is 102 Å². The number of ether oxygens (including phenoxy) is 2. The van der Waals surface area contributed by atoms with Crippen LogP contribution in [0.4, 0.5) is 0 Å². The molecule has 1 saturated heterocycles. The Hall–Kier alpha value is -3.16. The van der Waals surface area contributed by atoms with Gasteiger partial charge in [-0.3, -0.25) is 24.1 Å². The Bertz CT molecular complexity index is 822. The van der Waals surface area contributed by atoms with Crippen LogP contribution in [0.25, 0.3) is 0 Å². The highest BCUT2D eigenvalue weighted by Crippen LogP contribution is 2.35. The Labute approximate surface area is 175 Å². The van der Waals surface area contributed by atoms with Crippen LogP contribution < -0.4 is 10.1 Å². The van der Waals surface area contributed by atoms with Gasteiger partial charge in [0.15, 0.2) is 6.10 Å². The number of nitrogens with zero attached hydrogens (tertiary/aromatic N) is 1. The van der Waals surface area contributed by atoms with Crippen LogP contribution in [0, 0.1) is 11.8 Å². The van der Waals surface area contributed by atoms with Crippen LogP contribution in [0.1, 0.15) is 31.7 Å². The summed E-state index contributed by atoms with van der Waals surface area (Å²) in [5.74, 6) is -1.43. The second-order valence-corrected chi connectivity index (χ2v) is 7.43. The number of rotatable bonds is 8. The van der Waals surface area contributed by atoms with Gasteiger partial charge in [-0.05, 0) is 37.5 Å². The van der Waals surface area contributed by atoms with Gasteiger partial charge in [0, 0.05) is 13.1 Å². The van der Waals surface area contributed by atoms with Crippen LogP contribution in [0.5, 0.6) is 5.75 Å². The maximum absolute atomic E-state index is 12.4. The lowest BCUT2D eigenvalue weighted by Gasteiger charge is -2.16. The summed E-state index contributed by atoms with van der Waals surface area (Å²) in [6.07, 6.45) is 3.82. The number of esters is 1. The molecule has 3 amide bonds. The number of nitrogens with one attached hydrogen (secondary N) is 1. The van der Waals surface area contributed by atoms with E-state index in [0.717, 1.165) is 16.2 Å². The smallest absolute Gasteiger partial charge is 0.308 e. The molecule has 1 fully saturated rings. The van der Waals surface area contributed by atoms with Gasteiger partial charge in [0.2, 0.25) is 11.8 Å². The quantitative estimate of drug-likeness (QED) is 0.394. The van der Waals surface area contributed by atoms with Crippen LogP contribution in [-0.2, 0) is 30.5 Å². The molecule has 1 aromatic carbocycles. The highest BCUT2D eigenvalue weighted by molar-refractivity contribution is 6.05. The Morgan fingerprint density at radius 2 is 1.70 bits per heavy atom. The Kier molecular flexibility index (Phi) is 6.87. The van der Waals surface area contributed by atoms with Crippen molar-refractivity contribution in [1.82, 2.24) is 10.2 Å². The van der Waals surface area contributed by atoms with Gasteiger partial charge in [0.25, 0.3) is 5.91 Å². The molecule has 0 bridgehead atoms. The molecule has 0 spiro atoms. The molecule has 8 heteroatoms. The van der Waals surface area contributed by atoms with Gasteiger partial charge >= 0.3 is 5.97 Å². The molecule has 30 heavy (non-hydrogen) atoms. The minimum Gasteiger partial charge on any atom is -0.497 e. The molecule has 1 heterocycles. The van der Waals surface area contributed by atoms with E-state index >= 15 is 0 Å². The average Bonchev–Trinajstić information content (AvgIpc) is 3.01. The summed E-state index contributed by atoms with van der Waals surface area (Å²) < 4.78 is 10.2. The van der Waals surface area contributed by atoms with E-state index in [9.17, 15) is 19.2 Å². The van der Waals surface area contributed by atoms with Gasteiger partial charge in [0.05, 0.1) is 25.4 Å². The normalized spacial score (nSPS) is 21.2. The van der Waals surface area contributed by atoms with Crippen LogP contribution in [0.15, 0.2) is 36.4 Å². The number of hydrogen-bond donors (Lipinski definition) is 1. The largest absolute Gasteiger partial charge is 0.497 e. The van der Waals surface area contributed by atoms with Crippen molar-refractivity contribution in [3.05, 3.63) is 42.0 Å². The fourth-order valence-electron chi connectivity index (χ4n) is 3.68. The predicted octanol–water partition coefficient (Wildman–Crippen LogP) is 1.58. The zero-order valence-electron chi connectivity index (χ0n) is 17.1. The number of allylic oxidation sites excluding steroid dienone is 2. The van der Waals surface area contributed by atoms with Crippen molar-refractivity contribution in [3.8, 4) is 5.75 Å². The lowest BCUT2D eigenvalue weighted by atomic mass is 9.85. The molecule has 0 unspecified atom stereocenters. The van der Waals surface area contributed by atoms with Gasteiger partial charge < -0.3 is 14.8 Å². The predicted molar refractivity (Wildman–Crippen MR) is 107 cm³/mol. The van der Waals surface area contributed by atoms with Crippen LogP contribution in [0.2, 0.25) is 0 Å². The van der Waals surface area contributed by atoms with E-state index < -0.39 is 18.0 Å². The summed E-state index contributed by atoms with van der Waals surface area (Å²) in [7, 11) is 1.58. The molecular weight excluding hydrogens is 388 g/mol. The first-order chi connectivity index (χ1) is 14.4. The maximum Gasteiger partial charge on any atom is 0.308 e. The van der Waals surface area contributed by atoms with E-state index in [1.54, 1.807) is 19.2 Å². The first-order valence-corrected chi connectivity index (χ1v) is 10.0.